The van der Waals surface area contributed by atoms with Gasteiger partial charge in [-0.25, -0.2) is 4.39 Å². The summed E-state index contributed by atoms with van der Waals surface area (Å²) in [6.07, 6.45) is 1.52. The first kappa shape index (κ1) is 16.5. The van der Waals surface area contributed by atoms with Crippen LogP contribution in [0.2, 0.25) is 0 Å². The molecule has 2 aromatic rings. The van der Waals surface area contributed by atoms with Gasteiger partial charge in [-0.1, -0.05) is 30.3 Å². The van der Waals surface area contributed by atoms with Gasteiger partial charge >= 0.3 is 0 Å². The lowest BCUT2D eigenvalue weighted by Gasteiger charge is -2.33. The van der Waals surface area contributed by atoms with E-state index in [0.717, 1.165) is 18.4 Å². The van der Waals surface area contributed by atoms with Crippen LogP contribution in [0.1, 0.15) is 24.4 Å². The fourth-order valence-corrected chi connectivity index (χ4v) is 2.90. The third-order valence-electron chi connectivity index (χ3n) is 4.29. The van der Waals surface area contributed by atoms with Crippen LogP contribution in [0.25, 0.3) is 0 Å². The van der Waals surface area contributed by atoms with Gasteiger partial charge in [0.25, 0.3) is 0 Å². The maximum absolute atomic E-state index is 12.9. The van der Waals surface area contributed by atoms with E-state index in [2.05, 4.69) is 0 Å². The van der Waals surface area contributed by atoms with E-state index in [1.807, 2.05) is 30.3 Å². The summed E-state index contributed by atoms with van der Waals surface area (Å²) in [6.45, 7) is 1.23. The van der Waals surface area contributed by atoms with E-state index in [-0.39, 0.29) is 17.8 Å². The Morgan fingerprint density at radius 3 is 2.33 bits per heavy atom. The van der Waals surface area contributed by atoms with Gasteiger partial charge in [0.05, 0.1) is 0 Å². The minimum Gasteiger partial charge on any atom is -0.490 e. The van der Waals surface area contributed by atoms with E-state index in [9.17, 15) is 9.18 Å². The Bertz CT molecular complexity index is 668. The zero-order chi connectivity index (χ0) is 16.9. The van der Waals surface area contributed by atoms with Crippen molar-refractivity contribution in [1.29, 1.82) is 0 Å². The number of amides is 1. The van der Waals surface area contributed by atoms with E-state index < -0.39 is 6.04 Å². The second-order valence-electron chi connectivity index (χ2n) is 5.98. The molecule has 3 rings (SSSR count). The van der Waals surface area contributed by atoms with Crippen LogP contribution in [0.5, 0.6) is 5.75 Å². The molecule has 0 bridgehead atoms. The van der Waals surface area contributed by atoms with Gasteiger partial charge in [0.15, 0.2) is 0 Å². The fourth-order valence-electron chi connectivity index (χ4n) is 2.90. The number of carbonyl (C=O) groups is 1. The molecule has 2 N–H and O–H groups in total. The molecule has 0 spiro atoms. The molecule has 0 aromatic heterocycles. The third-order valence-corrected chi connectivity index (χ3v) is 4.29. The molecule has 0 saturated carbocycles. The number of rotatable bonds is 4. The first-order chi connectivity index (χ1) is 11.6. The molecule has 1 fully saturated rings. The number of likely N-dealkylation sites (tertiary alicyclic amines) is 1. The third kappa shape index (κ3) is 3.92. The van der Waals surface area contributed by atoms with Crippen molar-refractivity contribution in [2.24, 2.45) is 5.73 Å². The summed E-state index contributed by atoms with van der Waals surface area (Å²) in [4.78, 5) is 14.3. The Morgan fingerprint density at radius 2 is 1.71 bits per heavy atom. The Morgan fingerprint density at radius 1 is 1.08 bits per heavy atom. The highest BCUT2D eigenvalue weighted by Crippen LogP contribution is 2.21. The van der Waals surface area contributed by atoms with Crippen molar-refractivity contribution in [1.82, 2.24) is 4.90 Å². The quantitative estimate of drug-likeness (QED) is 0.939. The zero-order valence-corrected chi connectivity index (χ0v) is 13.4. The minimum atomic E-state index is -0.624. The first-order valence-corrected chi connectivity index (χ1v) is 8.15. The zero-order valence-electron chi connectivity index (χ0n) is 13.4. The summed E-state index contributed by atoms with van der Waals surface area (Å²) in [7, 11) is 0. The van der Waals surface area contributed by atoms with Crippen LogP contribution in [-0.4, -0.2) is 30.0 Å². The molecule has 126 valence electrons. The van der Waals surface area contributed by atoms with Gasteiger partial charge < -0.3 is 15.4 Å². The van der Waals surface area contributed by atoms with Crippen LogP contribution in [0.4, 0.5) is 4.39 Å². The van der Waals surface area contributed by atoms with Crippen LogP contribution in [-0.2, 0) is 4.79 Å². The van der Waals surface area contributed by atoms with Gasteiger partial charge in [-0.3, -0.25) is 4.79 Å². The number of piperidine rings is 1. The number of hydrogen-bond donors (Lipinski definition) is 1. The SMILES string of the molecule is N[C@@H](C(=O)N1CCC(Oc2ccc(F)cc2)CC1)c1ccccc1. The number of nitrogens with two attached hydrogens (primary N) is 1. The highest BCUT2D eigenvalue weighted by Gasteiger charge is 2.27. The van der Waals surface area contributed by atoms with Crippen molar-refractivity contribution in [3.05, 3.63) is 66.0 Å². The molecule has 1 saturated heterocycles. The minimum absolute atomic E-state index is 0.0347. The van der Waals surface area contributed by atoms with Gasteiger partial charge in [0.1, 0.15) is 23.7 Å². The normalized spacial score (nSPS) is 16.7. The van der Waals surface area contributed by atoms with Crippen LogP contribution in [0, 0.1) is 5.82 Å². The lowest BCUT2D eigenvalue weighted by molar-refractivity contribution is -0.134. The molecule has 2 aromatic carbocycles. The van der Waals surface area contributed by atoms with E-state index in [0.29, 0.717) is 18.8 Å². The number of benzene rings is 2. The highest BCUT2D eigenvalue weighted by atomic mass is 19.1. The average Bonchev–Trinajstić information content (AvgIpc) is 2.64. The second-order valence-corrected chi connectivity index (χ2v) is 5.98. The monoisotopic (exact) mass is 328 g/mol. The van der Waals surface area contributed by atoms with Crippen molar-refractivity contribution < 1.29 is 13.9 Å². The van der Waals surface area contributed by atoms with Crippen molar-refractivity contribution >= 4 is 5.91 Å². The van der Waals surface area contributed by atoms with Crippen LogP contribution in [0.15, 0.2) is 54.6 Å². The van der Waals surface area contributed by atoms with Gasteiger partial charge in [0.2, 0.25) is 5.91 Å². The van der Waals surface area contributed by atoms with Crippen molar-refractivity contribution in [2.45, 2.75) is 25.0 Å². The summed E-state index contributed by atoms with van der Waals surface area (Å²) in [5.41, 5.74) is 6.91. The lowest BCUT2D eigenvalue weighted by Crippen LogP contribution is -2.45. The number of hydrogen-bond acceptors (Lipinski definition) is 3. The van der Waals surface area contributed by atoms with Crippen molar-refractivity contribution in [3.63, 3.8) is 0 Å². The summed E-state index contributed by atoms with van der Waals surface area (Å²) in [5.74, 6) is 0.321. The predicted octanol–water partition coefficient (Wildman–Crippen LogP) is 2.90. The predicted molar refractivity (Wildman–Crippen MR) is 90.0 cm³/mol. The number of halogens is 1. The molecule has 1 aliphatic heterocycles. The van der Waals surface area contributed by atoms with E-state index >= 15 is 0 Å². The Kier molecular flexibility index (Phi) is 5.11. The summed E-state index contributed by atoms with van der Waals surface area (Å²) < 4.78 is 18.8. The molecule has 24 heavy (non-hydrogen) atoms. The Hall–Kier alpha value is -2.40. The van der Waals surface area contributed by atoms with Gasteiger partial charge in [0, 0.05) is 25.9 Å². The molecule has 0 aliphatic carbocycles. The molecule has 0 radical (unpaired) electrons. The molecule has 1 amide bonds. The maximum Gasteiger partial charge on any atom is 0.244 e. The van der Waals surface area contributed by atoms with Gasteiger partial charge in [-0.15, -0.1) is 0 Å². The fraction of sp³-hybridized carbons (Fsp3) is 0.316. The Balaban J connectivity index is 1.53. The number of nitrogens with zero attached hydrogens (tertiary/aromatic N) is 1. The van der Waals surface area contributed by atoms with E-state index in [1.54, 1.807) is 17.0 Å². The van der Waals surface area contributed by atoms with E-state index in [1.165, 1.54) is 12.1 Å². The van der Waals surface area contributed by atoms with Crippen molar-refractivity contribution in [3.8, 4) is 5.75 Å². The summed E-state index contributed by atoms with van der Waals surface area (Å²) in [6, 6.07) is 14.8. The van der Waals surface area contributed by atoms with Gasteiger partial charge in [-0.05, 0) is 29.8 Å². The molecular weight excluding hydrogens is 307 g/mol. The molecule has 1 heterocycles. The van der Waals surface area contributed by atoms with Gasteiger partial charge in [-0.2, -0.15) is 0 Å². The first-order valence-electron chi connectivity index (χ1n) is 8.15. The molecule has 4 nitrogen and oxygen atoms in total. The standard InChI is InChI=1S/C19H21FN2O2/c20-15-6-8-16(9-7-15)24-17-10-12-22(13-11-17)19(23)18(21)14-4-2-1-3-5-14/h1-9,17-18H,10-13,21H2/t18-/m1/s1. The average molecular weight is 328 g/mol. The van der Waals surface area contributed by atoms with Crippen LogP contribution < -0.4 is 10.5 Å². The van der Waals surface area contributed by atoms with E-state index in [4.69, 9.17) is 10.5 Å². The number of ether oxygens (including phenoxy) is 1. The summed E-state index contributed by atoms with van der Waals surface area (Å²) in [5, 5.41) is 0. The molecule has 1 atom stereocenters. The molecule has 5 heteroatoms. The second kappa shape index (κ2) is 7.45. The lowest BCUT2D eigenvalue weighted by atomic mass is 10.0. The Labute approximate surface area is 141 Å². The molecule has 0 unspecified atom stereocenters. The molecular formula is C19H21FN2O2. The van der Waals surface area contributed by atoms with Crippen molar-refractivity contribution in [2.75, 3.05) is 13.1 Å². The summed E-state index contributed by atoms with van der Waals surface area (Å²) >= 11 is 0. The number of carbonyl (C=O) groups excluding carboxylic acids is 1. The largest absolute Gasteiger partial charge is 0.490 e. The van der Waals surface area contributed by atoms with Crippen LogP contribution in [0.3, 0.4) is 0 Å². The highest BCUT2D eigenvalue weighted by molar-refractivity contribution is 5.83. The van der Waals surface area contributed by atoms with Crippen LogP contribution >= 0.6 is 0 Å². The topological polar surface area (TPSA) is 55.6 Å². The molecule has 1 aliphatic rings. The smallest absolute Gasteiger partial charge is 0.244 e. The maximum atomic E-state index is 12.9.